The maximum atomic E-state index is 5.39. The molecule has 0 aromatic heterocycles. The van der Waals surface area contributed by atoms with Gasteiger partial charge in [0, 0.05) is 6.42 Å². The van der Waals surface area contributed by atoms with Crippen LogP contribution in [0.3, 0.4) is 0 Å². The molecule has 24 heavy (non-hydrogen) atoms. The number of epoxide rings is 1. The molecule has 3 heteroatoms. The molecule has 0 radical (unpaired) electrons. The van der Waals surface area contributed by atoms with Crippen LogP contribution in [0.4, 0.5) is 0 Å². The van der Waals surface area contributed by atoms with Crippen molar-refractivity contribution in [3.63, 3.8) is 0 Å². The second-order valence-electron chi connectivity index (χ2n) is 8.00. The van der Waals surface area contributed by atoms with Gasteiger partial charge in [-0.25, -0.2) is 0 Å². The van der Waals surface area contributed by atoms with E-state index >= 15 is 0 Å². The van der Waals surface area contributed by atoms with E-state index in [2.05, 4.69) is 21.0 Å². The lowest BCUT2D eigenvalue weighted by Gasteiger charge is -2.20. The van der Waals surface area contributed by atoms with E-state index in [1.165, 1.54) is 96.3 Å². The molecule has 1 saturated heterocycles. The number of halogens is 1. The first-order valence-corrected chi connectivity index (χ1v) is 10.7. The summed E-state index contributed by atoms with van der Waals surface area (Å²) in [7, 11) is 4.60. The average Bonchev–Trinajstić information content (AvgIpc) is 3.34. The van der Waals surface area contributed by atoms with Gasteiger partial charge in [0.1, 0.15) is 0 Å². The van der Waals surface area contributed by atoms with Gasteiger partial charge in [-0.2, -0.15) is 0 Å². The third-order valence-electron chi connectivity index (χ3n) is 5.42. The summed E-state index contributed by atoms with van der Waals surface area (Å²) in [6, 6.07) is 0.815. The van der Waals surface area contributed by atoms with Gasteiger partial charge < -0.3 is 22.0 Å². The zero-order chi connectivity index (χ0) is 16.8. The van der Waals surface area contributed by atoms with Gasteiger partial charge >= 0.3 is 0 Å². The highest BCUT2D eigenvalue weighted by Crippen LogP contribution is 2.18. The topological polar surface area (TPSA) is 17.0 Å². The molecule has 2 unspecified atom stereocenters. The maximum Gasteiger partial charge on any atom is 0.0896 e. The normalized spacial score (nSPS) is 17.8. The average molecular weight is 362 g/mol. The molecule has 0 amide bonds. The fraction of sp³-hybridized carbons (Fsp3) is 1.00. The molecule has 1 N–H and O–H groups in total. The van der Waals surface area contributed by atoms with E-state index in [0.717, 1.165) is 12.6 Å². The van der Waals surface area contributed by atoms with Crippen molar-refractivity contribution in [2.24, 2.45) is 0 Å². The van der Waals surface area contributed by atoms with Gasteiger partial charge in [0.05, 0.1) is 32.8 Å². The molecule has 2 atom stereocenters. The van der Waals surface area contributed by atoms with Crippen molar-refractivity contribution in [3.8, 4) is 0 Å². The highest BCUT2D eigenvalue weighted by molar-refractivity contribution is 4.73. The van der Waals surface area contributed by atoms with Crippen molar-refractivity contribution in [3.05, 3.63) is 0 Å². The van der Waals surface area contributed by atoms with Gasteiger partial charge in [0.2, 0.25) is 0 Å². The zero-order valence-corrected chi connectivity index (χ0v) is 17.5. The lowest BCUT2D eigenvalue weighted by Crippen LogP contribution is -3.10. The predicted octanol–water partition coefficient (Wildman–Crippen LogP) is 1.77. The summed E-state index contributed by atoms with van der Waals surface area (Å²) in [5.74, 6) is 0. The monoisotopic (exact) mass is 361 g/mol. The summed E-state index contributed by atoms with van der Waals surface area (Å²) in [5.41, 5.74) is 0. The molecule has 0 aromatic rings. The molecule has 2 nitrogen and oxygen atoms in total. The van der Waals surface area contributed by atoms with E-state index in [1.807, 2.05) is 0 Å². The third-order valence-corrected chi connectivity index (χ3v) is 5.42. The van der Waals surface area contributed by atoms with Crippen LogP contribution in [0.1, 0.15) is 103 Å². The van der Waals surface area contributed by atoms with Crippen LogP contribution in [0.5, 0.6) is 0 Å². The first kappa shape index (κ1) is 24.2. The number of nitrogens with one attached hydrogen (secondary N) is 1. The second-order valence-corrected chi connectivity index (χ2v) is 8.00. The fourth-order valence-electron chi connectivity index (χ4n) is 3.57. The van der Waals surface area contributed by atoms with Crippen molar-refractivity contribution in [2.45, 2.75) is 115 Å². The molecule has 1 aliphatic heterocycles. The van der Waals surface area contributed by atoms with E-state index in [4.69, 9.17) is 4.74 Å². The van der Waals surface area contributed by atoms with Gasteiger partial charge in [0.25, 0.3) is 0 Å². The van der Waals surface area contributed by atoms with Gasteiger partial charge in [-0.3, -0.25) is 0 Å². The van der Waals surface area contributed by atoms with Crippen molar-refractivity contribution in [1.82, 2.24) is 0 Å². The van der Waals surface area contributed by atoms with Crippen LogP contribution >= 0.6 is 0 Å². The fourth-order valence-corrected chi connectivity index (χ4v) is 3.57. The van der Waals surface area contributed by atoms with Gasteiger partial charge in [0.15, 0.2) is 0 Å². The largest absolute Gasteiger partial charge is 1.00 e. The summed E-state index contributed by atoms with van der Waals surface area (Å²) in [5, 5.41) is 0. The number of ether oxygens (including phenoxy) is 1. The minimum absolute atomic E-state index is 0. The third kappa shape index (κ3) is 14.5. The Morgan fingerprint density at radius 1 is 0.792 bits per heavy atom. The number of rotatable bonds is 17. The molecular formula is C21H44ClNO. The molecule has 1 rings (SSSR count). The minimum atomic E-state index is 0. The lowest BCUT2D eigenvalue weighted by atomic mass is 10.0. The molecule has 1 aliphatic rings. The van der Waals surface area contributed by atoms with Crippen molar-refractivity contribution in [1.29, 1.82) is 0 Å². The number of unbranched alkanes of at least 4 members (excludes halogenated alkanes) is 12. The molecule has 0 saturated carbocycles. The molecule has 1 fully saturated rings. The Kier molecular flexibility index (Phi) is 16.8. The van der Waals surface area contributed by atoms with Crippen LogP contribution in [0.2, 0.25) is 0 Å². The molecule has 0 aromatic carbocycles. The smallest absolute Gasteiger partial charge is 0.0896 e. The zero-order valence-electron chi connectivity index (χ0n) is 16.8. The van der Waals surface area contributed by atoms with Crippen LogP contribution in [0.25, 0.3) is 0 Å². The van der Waals surface area contributed by atoms with E-state index in [1.54, 1.807) is 4.90 Å². The van der Waals surface area contributed by atoms with E-state index in [-0.39, 0.29) is 12.4 Å². The molecule has 1 heterocycles. The summed E-state index contributed by atoms with van der Waals surface area (Å²) in [6.45, 7) is 3.31. The minimum Gasteiger partial charge on any atom is -1.00 e. The van der Waals surface area contributed by atoms with Crippen LogP contribution in [-0.4, -0.2) is 32.8 Å². The summed E-state index contributed by atoms with van der Waals surface area (Å²) in [6.07, 6.45) is 22.1. The summed E-state index contributed by atoms with van der Waals surface area (Å²) < 4.78 is 5.39. The maximum absolute atomic E-state index is 5.39. The Bertz CT molecular complexity index is 256. The Balaban J connectivity index is 0.00000529. The van der Waals surface area contributed by atoms with Crippen LogP contribution in [0, 0.1) is 0 Å². The van der Waals surface area contributed by atoms with Crippen molar-refractivity contribution < 1.29 is 22.0 Å². The first-order valence-electron chi connectivity index (χ1n) is 10.7. The molecule has 0 bridgehead atoms. The Labute approximate surface area is 158 Å². The molecule has 146 valence electrons. The van der Waals surface area contributed by atoms with Crippen LogP contribution in [-0.2, 0) is 4.74 Å². The van der Waals surface area contributed by atoms with E-state index < -0.39 is 0 Å². The van der Waals surface area contributed by atoms with E-state index in [0.29, 0.717) is 6.10 Å². The standard InChI is InChI=1S/C21H43NO.ClH/c1-4-5-6-7-8-9-10-11-12-13-14-15-16-17-20(22(2)3)18-21-19-23-21;/h20-21H,4-19H2,1-3H3;1H. The van der Waals surface area contributed by atoms with Gasteiger partial charge in [-0.1, -0.05) is 84.0 Å². The Morgan fingerprint density at radius 3 is 1.58 bits per heavy atom. The van der Waals surface area contributed by atoms with Crippen molar-refractivity contribution in [2.75, 3.05) is 20.7 Å². The van der Waals surface area contributed by atoms with Crippen molar-refractivity contribution >= 4 is 0 Å². The Hall–Kier alpha value is 0.210. The number of hydrogen-bond donors (Lipinski definition) is 1. The first-order chi connectivity index (χ1) is 11.2. The SMILES string of the molecule is CCCCCCCCCCCCCCCC(CC1CO1)[NH+](C)C.[Cl-]. The van der Waals surface area contributed by atoms with Gasteiger partial charge in [-0.05, 0) is 12.8 Å². The molecule has 0 spiro atoms. The van der Waals surface area contributed by atoms with Gasteiger partial charge in [-0.15, -0.1) is 0 Å². The van der Waals surface area contributed by atoms with Crippen LogP contribution < -0.4 is 17.3 Å². The summed E-state index contributed by atoms with van der Waals surface area (Å²) >= 11 is 0. The molecule has 0 aliphatic carbocycles. The summed E-state index contributed by atoms with van der Waals surface area (Å²) in [4.78, 5) is 1.61. The van der Waals surface area contributed by atoms with E-state index in [9.17, 15) is 0 Å². The Morgan fingerprint density at radius 2 is 1.21 bits per heavy atom. The quantitative estimate of drug-likeness (QED) is 0.308. The second kappa shape index (κ2) is 16.7. The highest BCUT2D eigenvalue weighted by Gasteiger charge is 2.29. The lowest BCUT2D eigenvalue weighted by molar-refractivity contribution is -0.886. The highest BCUT2D eigenvalue weighted by atomic mass is 35.5. The molecular weight excluding hydrogens is 318 g/mol. The number of quaternary nitrogens is 1. The predicted molar refractivity (Wildman–Crippen MR) is 101 cm³/mol. The number of hydrogen-bond acceptors (Lipinski definition) is 1. The van der Waals surface area contributed by atoms with Crippen LogP contribution in [0.15, 0.2) is 0 Å².